The van der Waals surface area contributed by atoms with Crippen molar-refractivity contribution in [2.75, 3.05) is 5.32 Å². The second-order valence-corrected chi connectivity index (χ2v) is 4.10. The van der Waals surface area contributed by atoms with E-state index in [0.29, 0.717) is 4.47 Å². The molecule has 0 aliphatic heterocycles. The maximum absolute atomic E-state index is 13.1. The Hall–Kier alpha value is -1.82. The minimum Gasteiger partial charge on any atom is -0.290 e. The van der Waals surface area contributed by atoms with E-state index in [2.05, 4.69) is 31.2 Å². The lowest BCUT2D eigenvalue weighted by atomic mass is 10.2. The Morgan fingerprint density at radius 3 is 2.59 bits per heavy atom. The molecule has 0 aliphatic carbocycles. The average Bonchev–Trinajstić information content (AvgIpc) is 2.29. The number of hydrogen-bond acceptors (Lipinski definition) is 3. The van der Waals surface area contributed by atoms with Crippen LogP contribution in [0.4, 0.5) is 10.3 Å². The van der Waals surface area contributed by atoms with Gasteiger partial charge in [-0.25, -0.2) is 14.4 Å². The topological polar surface area (TPSA) is 54.9 Å². The third-order valence-electron chi connectivity index (χ3n) is 1.92. The zero-order valence-corrected chi connectivity index (χ0v) is 10.1. The molecule has 1 aromatic carbocycles. The van der Waals surface area contributed by atoms with Crippen LogP contribution in [0, 0.1) is 5.82 Å². The number of aromatic nitrogens is 2. The molecule has 1 N–H and O–H groups in total. The molecule has 0 radical (unpaired) electrons. The van der Waals surface area contributed by atoms with Gasteiger partial charge in [-0.3, -0.25) is 10.1 Å². The van der Waals surface area contributed by atoms with Crippen molar-refractivity contribution in [2.24, 2.45) is 0 Å². The molecule has 0 spiro atoms. The number of anilines is 1. The zero-order chi connectivity index (χ0) is 12.3. The Balaban J connectivity index is 2.20. The van der Waals surface area contributed by atoms with E-state index < -0.39 is 11.7 Å². The molecule has 86 valence electrons. The summed E-state index contributed by atoms with van der Waals surface area (Å²) in [6.45, 7) is 0. The quantitative estimate of drug-likeness (QED) is 0.927. The molecule has 0 saturated carbocycles. The van der Waals surface area contributed by atoms with E-state index >= 15 is 0 Å². The Morgan fingerprint density at radius 1 is 1.24 bits per heavy atom. The number of benzene rings is 1. The summed E-state index contributed by atoms with van der Waals surface area (Å²) in [7, 11) is 0. The summed E-state index contributed by atoms with van der Waals surface area (Å²) in [6.07, 6.45) is 3.01. The van der Waals surface area contributed by atoms with Gasteiger partial charge in [-0.1, -0.05) is 15.9 Å². The van der Waals surface area contributed by atoms with E-state index in [1.807, 2.05) is 0 Å². The van der Waals surface area contributed by atoms with Crippen molar-refractivity contribution in [1.29, 1.82) is 0 Å². The van der Waals surface area contributed by atoms with Gasteiger partial charge in [0.25, 0.3) is 5.91 Å². The second-order valence-electron chi connectivity index (χ2n) is 3.18. The third kappa shape index (κ3) is 3.07. The normalized spacial score (nSPS) is 10.0. The maximum atomic E-state index is 13.1. The van der Waals surface area contributed by atoms with Gasteiger partial charge in [0.1, 0.15) is 5.82 Å². The summed E-state index contributed by atoms with van der Waals surface area (Å²) in [6, 6.07) is 5.56. The zero-order valence-electron chi connectivity index (χ0n) is 8.52. The SMILES string of the molecule is O=C(Nc1ncccn1)c1cc(F)cc(Br)c1. The first-order valence-corrected chi connectivity index (χ1v) is 5.49. The van der Waals surface area contributed by atoms with Crippen LogP contribution < -0.4 is 5.32 Å². The van der Waals surface area contributed by atoms with E-state index in [1.165, 1.54) is 24.5 Å². The van der Waals surface area contributed by atoms with Gasteiger partial charge in [0, 0.05) is 22.4 Å². The molecule has 0 bridgehead atoms. The smallest absolute Gasteiger partial charge is 0.258 e. The molecule has 0 unspecified atom stereocenters. The van der Waals surface area contributed by atoms with Gasteiger partial charge >= 0.3 is 0 Å². The third-order valence-corrected chi connectivity index (χ3v) is 2.37. The summed E-state index contributed by atoms with van der Waals surface area (Å²) < 4.78 is 13.6. The molecule has 0 saturated heterocycles. The number of hydrogen-bond donors (Lipinski definition) is 1. The largest absolute Gasteiger partial charge is 0.290 e. The minimum absolute atomic E-state index is 0.179. The number of amides is 1. The molecule has 17 heavy (non-hydrogen) atoms. The van der Waals surface area contributed by atoms with E-state index in [9.17, 15) is 9.18 Å². The van der Waals surface area contributed by atoms with E-state index in [4.69, 9.17) is 0 Å². The summed E-state index contributed by atoms with van der Waals surface area (Å²) >= 11 is 3.12. The number of carbonyl (C=O) groups is 1. The number of halogens is 2. The number of carbonyl (C=O) groups excluding carboxylic acids is 1. The van der Waals surface area contributed by atoms with Crippen LogP contribution in [0.2, 0.25) is 0 Å². The van der Waals surface area contributed by atoms with E-state index in [0.717, 1.165) is 6.07 Å². The maximum Gasteiger partial charge on any atom is 0.258 e. The average molecular weight is 296 g/mol. The Kier molecular flexibility index (Phi) is 3.43. The second kappa shape index (κ2) is 5.01. The highest BCUT2D eigenvalue weighted by molar-refractivity contribution is 9.10. The molecular weight excluding hydrogens is 289 g/mol. The molecule has 1 heterocycles. The Labute approximate surface area is 105 Å². The standard InChI is InChI=1S/C11H7BrFN3O/c12-8-4-7(5-9(13)6-8)10(17)16-11-14-2-1-3-15-11/h1-6H,(H,14,15,16,17). The predicted octanol–water partition coefficient (Wildman–Crippen LogP) is 2.63. The molecule has 6 heteroatoms. The van der Waals surface area contributed by atoms with Crippen LogP contribution in [0.15, 0.2) is 41.1 Å². The fourth-order valence-electron chi connectivity index (χ4n) is 1.22. The molecule has 1 aromatic heterocycles. The predicted molar refractivity (Wildman–Crippen MR) is 64.1 cm³/mol. The molecule has 0 atom stereocenters. The highest BCUT2D eigenvalue weighted by Gasteiger charge is 2.09. The lowest BCUT2D eigenvalue weighted by Crippen LogP contribution is -2.14. The highest BCUT2D eigenvalue weighted by Crippen LogP contribution is 2.15. The molecule has 2 rings (SSSR count). The van der Waals surface area contributed by atoms with Crippen molar-refractivity contribution in [3.8, 4) is 0 Å². The number of nitrogens with one attached hydrogen (secondary N) is 1. The van der Waals surface area contributed by atoms with Gasteiger partial charge in [0.15, 0.2) is 0 Å². The summed E-state index contributed by atoms with van der Waals surface area (Å²) in [5, 5.41) is 2.46. The molecule has 1 amide bonds. The number of rotatable bonds is 2. The van der Waals surface area contributed by atoms with Gasteiger partial charge in [0.2, 0.25) is 5.95 Å². The van der Waals surface area contributed by atoms with Crippen molar-refractivity contribution in [1.82, 2.24) is 9.97 Å². The fraction of sp³-hybridized carbons (Fsp3) is 0. The van der Waals surface area contributed by atoms with Crippen LogP contribution >= 0.6 is 15.9 Å². The number of nitrogens with zero attached hydrogens (tertiary/aromatic N) is 2. The molecule has 0 fully saturated rings. The van der Waals surface area contributed by atoms with Crippen molar-refractivity contribution >= 4 is 27.8 Å². The van der Waals surface area contributed by atoms with E-state index in [-0.39, 0.29) is 11.5 Å². The van der Waals surface area contributed by atoms with Crippen molar-refractivity contribution in [3.63, 3.8) is 0 Å². The fourth-order valence-corrected chi connectivity index (χ4v) is 1.69. The molecular formula is C11H7BrFN3O. The monoisotopic (exact) mass is 295 g/mol. The van der Waals surface area contributed by atoms with Crippen LogP contribution in [0.25, 0.3) is 0 Å². The summed E-state index contributed by atoms with van der Waals surface area (Å²) in [5.74, 6) is -0.771. The van der Waals surface area contributed by atoms with Gasteiger partial charge in [0.05, 0.1) is 0 Å². The Morgan fingerprint density at radius 2 is 1.94 bits per heavy atom. The highest BCUT2D eigenvalue weighted by atomic mass is 79.9. The van der Waals surface area contributed by atoms with Gasteiger partial charge in [-0.05, 0) is 24.3 Å². The van der Waals surface area contributed by atoms with Crippen LogP contribution in [0.3, 0.4) is 0 Å². The van der Waals surface area contributed by atoms with Crippen molar-refractivity contribution < 1.29 is 9.18 Å². The van der Waals surface area contributed by atoms with Crippen LogP contribution in [-0.4, -0.2) is 15.9 Å². The lowest BCUT2D eigenvalue weighted by Gasteiger charge is -2.03. The van der Waals surface area contributed by atoms with Crippen LogP contribution in [-0.2, 0) is 0 Å². The first kappa shape index (κ1) is 11.7. The molecule has 2 aromatic rings. The van der Waals surface area contributed by atoms with Gasteiger partial charge in [-0.15, -0.1) is 0 Å². The van der Waals surface area contributed by atoms with Gasteiger partial charge in [-0.2, -0.15) is 0 Å². The minimum atomic E-state index is -0.487. The summed E-state index contributed by atoms with van der Waals surface area (Å²) in [4.78, 5) is 19.4. The van der Waals surface area contributed by atoms with E-state index in [1.54, 1.807) is 6.07 Å². The first-order chi connectivity index (χ1) is 8.15. The molecule has 0 aliphatic rings. The Bertz CT molecular complexity index is 527. The van der Waals surface area contributed by atoms with Gasteiger partial charge < -0.3 is 0 Å². The lowest BCUT2D eigenvalue weighted by molar-refractivity contribution is 0.102. The summed E-state index contributed by atoms with van der Waals surface area (Å²) in [5.41, 5.74) is 0.198. The first-order valence-electron chi connectivity index (χ1n) is 4.69. The van der Waals surface area contributed by atoms with Crippen LogP contribution in [0.1, 0.15) is 10.4 Å². The van der Waals surface area contributed by atoms with Crippen molar-refractivity contribution in [2.45, 2.75) is 0 Å². The molecule has 4 nitrogen and oxygen atoms in total. The van der Waals surface area contributed by atoms with Crippen LogP contribution in [0.5, 0.6) is 0 Å². The van der Waals surface area contributed by atoms with Crippen molar-refractivity contribution in [3.05, 3.63) is 52.5 Å².